The molecule has 0 spiro atoms. The average molecular weight is 298 g/mol. The normalized spacial score (nSPS) is 18.5. The lowest BCUT2D eigenvalue weighted by Crippen LogP contribution is -2.42. The predicted octanol–water partition coefficient (Wildman–Crippen LogP) is 0.0573. The van der Waals surface area contributed by atoms with E-state index < -0.39 is 0 Å². The van der Waals surface area contributed by atoms with Crippen LogP contribution in [0.2, 0.25) is 0 Å². The van der Waals surface area contributed by atoms with Gasteiger partial charge >= 0.3 is 0 Å². The van der Waals surface area contributed by atoms with Crippen molar-refractivity contribution >= 4 is 5.91 Å². The quantitative estimate of drug-likeness (QED) is 0.793. The zero-order chi connectivity index (χ0) is 15.9. The van der Waals surface area contributed by atoms with E-state index in [1.54, 1.807) is 17.0 Å². The molecule has 1 aliphatic rings. The first kappa shape index (κ1) is 15.9. The Balaban J connectivity index is 1.79. The summed E-state index contributed by atoms with van der Waals surface area (Å²) in [6.45, 7) is 1.19. The fourth-order valence-corrected chi connectivity index (χ4v) is 2.43. The molecule has 1 aromatic rings. The second kappa shape index (κ2) is 7.51. The van der Waals surface area contributed by atoms with Crippen molar-refractivity contribution in [3.8, 4) is 12.1 Å². The van der Waals surface area contributed by atoms with E-state index in [9.17, 15) is 4.79 Å². The van der Waals surface area contributed by atoms with Crippen molar-refractivity contribution in [1.82, 2.24) is 15.2 Å². The lowest BCUT2D eigenvalue weighted by molar-refractivity contribution is -0.130. The van der Waals surface area contributed by atoms with E-state index >= 15 is 0 Å². The van der Waals surface area contributed by atoms with E-state index in [1.807, 2.05) is 6.07 Å². The number of amides is 1. The Hall–Kier alpha value is -2.48. The fourth-order valence-electron chi connectivity index (χ4n) is 2.43. The van der Waals surface area contributed by atoms with E-state index in [-0.39, 0.29) is 24.5 Å². The zero-order valence-corrected chi connectivity index (χ0v) is 12.2. The number of pyridine rings is 1. The summed E-state index contributed by atoms with van der Waals surface area (Å²) in [4.78, 5) is 17.8. The molecule has 0 bridgehead atoms. The largest absolute Gasteiger partial charge is 0.326 e. The van der Waals surface area contributed by atoms with Crippen LogP contribution in [-0.4, -0.2) is 41.5 Å². The fraction of sp³-hybridized carbons (Fsp3) is 0.467. The average Bonchev–Trinajstić information content (AvgIpc) is 3.03. The summed E-state index contributed by atoms with van der Waals surface area (Å²) in [6.07, 6.45) is 3.09. The van der Waals surface area contributed by atoms with Crippen LogP contribution in [0.15, 0.2) is 18.3 Å². The summed E-state index contributed by atoms with van der Waals surface area (Å²) in [5.41, 5.74) is 7.14. The van der Waals surface area contributed by atoms with Crippen molar-refractivity contribution in [3.63, 3.8) is 0 Å². The number of rotatable bonds is 5. The van der Waals surface area contributed by atoms with E-state index in [2.05, 4.69) is 16.4 Å². The van der Waals surface area contributed by atoms with Crippen LogP contribution in [0.5, 0.6) is 0 Å². The van der Waals surface area contributed by atoms with Crippen molar-refractivity contribution in [3.05, 3.63) is 29.6 Å². The molecule has 3 N–H and O–H groups in total. The highest BCUT2D eigenvalue weighted by molar-refractivity contribution is 5.79. The van der Waals surface area contributed by atoms with E-state index in [1.165, 1.54) is 6.20 Å². The number of nitrogens with zero attached hydrogens (tertiary/aromatic N) is 4. The van der Waals surface area contributed by atoms with Crippen LogP contribution in [0, 0.1) is 22.7 Å². The van der Waals surface area contributed by atoms with Gasteiger partial charge in [0.1, 0.15) is 12.1 Å². The maximum absolute atomic E-state index is 12.0. The third kappa shape index (κ3) is 3.79. The van der Waals surface area contributed by atoms with Crippen LogP contribution in [0.1, 0.15) is 30.1 Å². The van der Waals surface area contributed by atoms with Gasteiger partial charge in [0.2, 0.25) is 5.91 Å². The molecule has 0 aromatic carbocycles. The molecule has 0 saturated carbocycles. The Bertz CT molecular complexity index is 600. The van der Waals surface area contributed by atoms with Gasteiger partial charge in [-0.25, -0.2) is 0 Å². The summed E-state index contributed by atoms with van der Waals surface area (Å²) in [5, 5.41) is 20.7. The number of hydrogen-bond acceptors (Lipinski definition) is 6. The van der Waals surface area contributed by atoms with Crippen LogP contribution in [0.3, 0.4) is 0 Å². The van der Waals surface area contributed by atoms with E-state index in [0.717, 1.165) is 12.8 Å². The van der Waals surface area contributed by atoms with Gasteiger partial charge in [0.25, 0.3) is 0 Å². The molecular formula is C15H18N6O. The molecule has 2 heterocycles. The van der Waals surface area contributed by atoms with Gasteiger partial charge in [0.15, 0.2) is 0 Å². The maximum atomic E-state index is 12.0. The Kier molecular flexibility index (Phi) is 5.42. The molecule has 7 nitrogen and oxygen atoms in total. The van der Waals surface area contributed by atoms with E-state index in [4.69, 9.17) is 16.3 Å². The van der Waals surface area contributed by atoms with Crippen molar-refractivity contribution in [2.75, 3.05) is 19.6 Å². The van der Waals surface area contributed by atoms with Gasteiger partial charge in [0, 0.05) is 19.3 Å². The Morgan fingerprint density at radius 1 is 1.55 bits per heavy atom. The molecule has 7 heteroatoms. The third-order valence-corrected chi connectivity index (χ3v) is 3.66. The van der Waals surface area contributed by atoms with Crippen LogP contribution in [0.25, 0.3) is 0 Å². The molecule has 2 rings (SSSR count). The monoisotopic (exact) mass is 298 g/mol. The van der Waals surface area contributed by atoms with Gasteiger partial charge in [-0.05, 0) is 25.0 Å². The first-order valence-electron chi connectivity index (χ1n) is 7.17. The lowest BCUT2D eigenvalue weighted by Gasteiger charge is -2.20. The summed E-state index contributed by atoms with van der Waals surface area (Å²) >= 11 is 0. The number of likely N-dealkylation sites (tertiary alicyclic amines) is 1. The highest BCUT2D eigenvalue weighted by Gasteiger charge is 2.27. The number of hydrogen-bond donors (Lipinski definition) is 2. The van der Waals surface area contributed by atoms with Crippen molar-refractivity contribution < 1.29 is 4.79 Å². The molecule has 1 unspecified atom stereocenters. The van der Waals surface area contributed by atoms with Crippen molar-refractivity contribution in [2.24, 2.45) is 5.73 Å². The maximum Gasteiger partial charge on any atom is 0.237 e. The summed E-state index contributed by atoms with van der Waals surface area (Å²) in [5.74, 6) is -0.0796. The molecule has 114 valence electrons. The molecule has 1 aliphatic heterocycles. The molecule has 2 atom stereocenters. The van der Waals surface area contributed by atoms with Crippen LogP contribution in [-0.2, 0) is 4.79 Å². The van der Waals surface area contributed by atoms with Crippen molar-refractivity contribution in [1.29, 1.82) is 10.5 Å². The minimum absolute atomic E-state index is 0.0796. The molecule has 1 amide bonds. The van der Waals surface area contributed by atoms with Gasteiger partial charge in [-0.15, -0.1) is 0 Å². The first-order valence-corrected chi connectivity index (χ1v) is 7.17. The predicted molar refractivity (Wildman–Crippen MR) is 79.1 cm³/mol. The number of carbonyl (C=O) groups excluding carboxylic acids is 1. The first-order chi connectivity index (χ1) is 10.7. The summed E-state index contributed by atoms with van der Waals surface area (Å²) in [6, 6.07) is 6.85. The van der Waals surface area contributed by atoms with Gasteiger partial charge in [-0.3, -0.25) is 9.78 Å². The van der Waals surface area contributed by atoms with Crippen LogP contribution in [0.4, 0.5) is 0 Å². The smallest absolute Gasteiger partial charge is 0.237 e. The topological polar surface area (TPSA) is 119 Å². The second-order valence-corrected chi connectivity index (χ2v) is 5.20. The standard InChI is InChI=1S/C15H18N6O/c16-6-11-3-4-14(20-8-11)13(18)9-19-10-15(22)21-5-1-2-12(21)7-17/h3-4,8,12-13,19H,1-2,5,9-10,18H2/t12-,13?/m0/s1. The highest BCUT2D eigenvalue weighted by Crippen LogP contribution is 2.16. The Morgan fingerprint density at radius 3 is 3.00 bits per heavy atom. The van der Waals surface area contributed by atoms with Gasteiger partial charge in [0.05, 0.1) is 29.9 Å². The molecule has 1 aromatic heterocycles. The van der Waals surface area contributed by atoms with E-state index in [0.29, 0.717) is 24.3 Å². The third-order valence-electron chi connectivity index (χ3n) is 3.66. The van der Waals surface area contributed by atoms with Gasteiger partial charge in [-0.2, -0.15) is 10.5 Å². The Morgan fingerprint density at radius 2 is 2.36 bits per heavy atom. The number of nitriles is 2. The number of nitrogens with two attached hydrogens (primary N) is 1. The zero-order valence-electron chi connectivity index (χ0n) is 12.2. The number of nitrogens with one attached hydrogen (secondary N) is 1. The molecule has 1 saturated heterocycles. The van der Waals surface area contributed by atoms with Crippen molar-refractivity contribution in [2.45, 2.75) is 24.9 Å². The SMILES string of the molecule is N#Cc1ccc(C(N)CNCC(=O)N2CCC[C@H]2C#N)nc1. The van der Waals surface area contributed by atoms with Gasteiger partial charge < -0.3 is 16.0 Å². The molecule has 22 heavy (non-hydrogen) atoms. The minimum Gasteiger partial charge on any atom is -0.326 e. The Labute approximate surface area is 129 Å². The molecule has 1 fully saturated rings. The second-order valence-electron chi connectivity index (χ2n) is 5.20. The van der Waals surface area contributed by atoms with Gasteiger partial charge in [-0.1, -0.05) is 0 Å². The molecule has 0 aliphatic carbocycles. The number of carbonyl (C=O) groups is 1. The lowest BCUT2D eigenvalue weighted by atomic mass is 10.2. The molecule has 0 radical (unpaired) electrons. The van der Waals surface area contributed by atoms with Crippen LogP contribution < -0.4 is 11.1 Å². The highest BCUT2D eigenvalue weighted by atomic mass is 16.2. The molecular weight excluding hydrogens is 280 g/mol. The summed E-state index contributed by atoms with van der Waals surface area (Å²) < 4.78 is 0. The minimum atomic E-state index is -0.356. The van der Waals surface area contributed by atoms with Crippen LogP contribution >= 0.6 is 0 Å². The number of aromatic nitrogens is 1. The summed E-state index contributed by atoms with van der Waals surface area (Å²) in [7, 11) is 0.